The summed E-state index contributed by atoms with van der Waals surface area (Å²) in [5, 5.41) is 4.21. The van der Waals surface area contributed by atoms with Gasteiger partial charge in [0.2, 0.25) is 0 Å². The van der Waals surface area contributed by atoms with Crippen molar-refractivity contribution in [3.05, 3.63) is 53.9 Å². The maximum atomic E-state index is 12.9. The molecule has 0 spiro atoms. The number of aromatic nitrogens is 2. The van der Waals surface area contributed by atoms with Gasteiger partial charge in [-0.2, -0.15) is 5.10 Å². The number of carbonyl (C=O) groups is 1. The molecule has 0 aliphatic carbocycles. The van der Waals surface area contributed by atoms with Crippen molar-refractivity contribution >= 4 is 11.5 Å². The molecule has 0 unspecified atom stereocenters. The molecule has 0 bridgehead atoms. The fourth-order valence-corrected chi connectivity index (χ4v) is 2.86. The monoisotopic (exact) mass is 341 g/mol. The van der Waals surface area contributed by atoms with Crippen molar-refractivity contribution in [1.82, 2.24) is 14.7 Å². The zero-order valence-corrected chi connectivity index (χ0v) is 14.6. The van der Waals surface area contributed by atoms with Crippen LogP contribution in [0, 0.1) is 0 Å². The molecule has 0 fully saturated rings. The Kier molecular flexibility index (Phi) is 5.50. The van der Waals surface area contributed by atoms with Crippen LogP contribution in [0.4, 0.5) is 0 Å². The van der Waals surface area contributed by atoms with Crippen molar-refractivity contribution in [2.75, 3.05) is 33.4 Å². The molecule has 6 heteroatoms. The lowest BCUT2D eigenvalue weighted by Crippen LogP contribution is -2.35. The Labute approximate surface area is 147 Å². The molecule has 1 aromatic heterocycles. The Balaban J connectivity index is 1.69. The summed E-state index contributed by atoms with van der Waals surface area (Å²) in [6.45, 7) is 2.30. The van der Waals surface area contributed by atoms with E-state index in [2.05, 4.69) is 11.2 Å². The second-order valence-corrected chi connectivity index (χ2v) is 6.02. The van der Waals surface area contributed by atoms with E-state index in [0.717, 1.165) is 24.1 Å². The summed E-state index contributed by atoms with van der Waals surface area (Å²) < 4.78 is 12.4. The van der Waals surface area contributed by atoms with Crippen molar-refractivity contribution in [2.24, 2.45) is 7.05 Å². The number of ether oxygens (including phenoxy) is 2. The van der Waals surface area contributed by atoms with Gasteiger partial charge in [-0.1, -0.05) is 12.1 Å². The third-order valence-electron chi connectivity index (χ3n) is 4.15. The van der Waals surface area contributed by atoms with Crippen LogP contribution in [0.3, 0.4) is 0 Å². The average Bonchev–Trinajstić information content (AvgIpc) is 3.08. The van der Waals surface area contributed by atoms with Gasteiger partial charge < -0.3 is 14.4 Å². The predicted octanol–water partition coefficient (Wildman–Crippen LogP) is 2.37. The highest BCUT2D eigenvalue weighted by atomic mass is 16.5. The molecule has 6 nitrogen and oxygen atoms in total. The van der Waals surface area contributed by atoms with E-state index in [9.17, 15) is 4.79 Å². The van der Waals surface area contributed by atoms with Crippen LogP contribution < -0.4 is 4.74 Å². The summed E-state index contributed by atoms with van der Waals surface area (Å²) in [5.41, 5.74) is 2.85. The third kappa shape index (κ3) is 4.28. The van der Waals surface area contributed by atoms with Gasteiger partial charge in [-0.3, -0.25) is 9.48 Å². The number of nitrogens with zero attached hydrogens (tertiary/aromatic N) is 3. The van der Waals surface area contributed by atoms with Gasteiger partial charge in [-0.25, -0.2) is 0 Å². The van der Waals surface area contributed by atoms with Gasteiger partial charge in [-0.05, 0) is 30.2 Å². The molecule has 0 atom stereocenters. The van der Waals surface area contributed by atoms with Crippen molar-refractivity contribution in [2.45, 2.75) is 6.42 Å². The number of hydrogen-bond acceptors (Lipinski definition) is 4. The van der Waals surface area contributed by atoms with Crippen LogP contribution >= 0.6 is 0 Å². The highest BCUT2D eigenvalue weighted by molar-refractivity contribution is 5.95. The van der Waals surface area contributed by atoms with E-state index < -0.39 is 0 Å². The number of carbonyl (C=O) groups excluding carboxylic acids is 1. The van der Waals surface area contributed by atoms with E-state index in [1.54, 1.807) is 17.9 Å². The molecule has 1 amide bonds. The summed E-state index contributed by atoms with van der Waals surface area (Å²) in [4.78, 5) is 14.7. The lowest BCUT2D eigenvalue weighted by Gasteiger charge is -2.27. The van der Waals surface area contributed by atoms with Gasteiger partial charge in [0.05, 0.1) is 12.8 Å². The number of amides is 1. The summed E-state index contributed by atoms with van der Waals surface area (Å²) >= 11 is 0. The van der Waals surface area contributed by atoms with Gasteiger partial charge in [-0.15, -0.1) is 0 Å². The van der Waals surface area contributed by atoms with Crippen LogP contribution in [0.25, 0.3) is 5.57 Å². The van der Waals surface area contributed by atoms with Crippen LogP contribution in [0.1, 0.15) is 22.3 Å². The molecule has 0 saturated heterocycles. The minimum Gasteiger partial charge on any atom is -0.491 e. The van der Waals surface area contributed by atoms with Crippen molar-refractivity contribution in [3.8, 4) is 5.75 Å². The Morgan fingerprint density at radius 1 is 1.32 bits per heavy atom. The van der Waals surface area contributed by atoms with Crippen LogP contribution in [0.5, 0.6) is 5.75 Å². The number of rotatable bonds is 6. The number of benzene rings is 1. The van der Waals surface area contributed by atoms with E-state index in [4.69, 9.17) is 9.47 Å². The van der Waals surface area contributed by atoms with Crippen LogP contribution in [-0.4, -0.2) is 54.0 Å². The molecule has 0 N–H and O–H groups in total. The molecule has 2 aromatic rings. The standard InChI is InChI=1S/C19H23N3O3/c1-21-13-17(12-20-21)16-6-4-8-22(14-16)19(23)15-5-3-7-18(11-15)25-10-9-24-2/h3,5-7,11-13H,4,8-10,14H2,1-2H3. The molecule has 1 aliphatic heterocycles. The van der Waals surface area contributed by atoms with E-state index >= 15 is 0 Å². The second-order valence-electron chi connectivity index (χ2n) is 6.02. The molecule has 1 aliphatic rings. The average molecular weight is 341 g/mol. The molecular weight excluding hydrogens is 318 g/mol. The minimum absolute atomic E-state index is 0.0201. The third-order valence-corrected chi connectivity index (χ3v) is 4.15. The van der Waals surface area contributed by atoms with Gasteiger partial charge in [0, 0.05) is 44.6 Å². The Morgan fingerprint density at radius 2 is 2.20 bits per heavy atom. The van der Waals surface area contributed by atoms with Crippen LogP contribution in [-0.2, 0) is 11.8 Å². The zero-order chi connectivity index (χ0) is 17.6. The second kappa shape index (κ2) is 7.98. The molecular formula is C19H23N3O3. The summed E-state index contributed by atoms with van der Waals surface area (Å²) in [6.07, 6.45) is 6.85. The maximum Gasteiger partial charge on any atom is 0.254 e. The van der Waals surface area contributed by atoms with E-state index in [1.807, 2.05) is 42.5 Å². The van der Waals surface area contributed by atoms with Gasteiger partial charge in [0.1, 0.15) is 12.4 Å². The minimum atomic E-state index is 0.0201. The summed E-state index contributed by atoms with van der Waals surface area (Å²) in [6, 6.07) is 7.31. The lowest BCUT2D eigenvalue weighted by molar-refractivity contribution is 0.0774. The van der Waals surface area contributed by atoms with Gasteiger partial charge >= 0.3 is 0 Å². The summed E-state index contributed by atoms with van der Waals surface area (Å²) in [5.74, 6) is 0.703. The molecule has 132 valence electrons. The van der Waals surface area contributed by atoms with E-state index in [0.29, 0.717) is 31.1 Å². The number of methoxy groups -OCH3 is 1. The fourth-order valence-electron chi connectivity index (χ4n) is 2.86. The van der Waals surface area contributed by atoms with E-state index in [1.165, 1.54) is 0 Å². The van der Waals surface area contributed by atoms with Crippen molar-refractivity contribution in [1.29, 1.82) is 0 Å². The summed E-state index contributed by atoms with van der Waals surface area (Å²) in [7, 11) is 3.53. The van der Waals surface area contributed by atoms with Crippen molar-refractivity contribution in [3.63, 3.8) is 0 Å². The first-order valence-corrected chi connectivity index (χ1v) is 8.36. The first-order chi connectivity index (χ1) is 12.2. The Morgan fingerprint density at radius 3 is 2.96 bits per heavy atom. The SMILES string of the molecule is COCCOc1cccc(C(=O)N2CCC=C(c3cnn(C)c3)C2)c1. The highest BCUT2D eigenvalue weighted by Gasteiger charge is 2.21. The smallest absolute Gasteiger partial charge is 0.254 e. The molecule has 3 rings (SSSR count). The van der Waals surface area contributed by atoms with Crippen molar-refractivity contribution < 1.29 is 14.3 Å². The number of hydrogen-bond donors (Lipinski definition) is 0. The zero-order valence-electron chi connectivity index (χ0n) is 14.6. The molecule has 2 heterocycles. The largest absolute Gasteiger partial charge is 0.491 e. The van der Waals surface area contributed by atoms with E-state index in [-0.39, 0.29) is 5.91 Å². The topological polar surface area (TPSA) is 56.6 Å². The van der Waals surface area contributed by atoms with Gasteiger partial charge in [0.25, 0.3) is 5.91 Å². The molecule has 0 radical (unpaired) electrons. The molecule has 1 aromatic carbocycles. The molecule has 0 saturated carbocycles. The Hall–Kier alpha value is -2.60. The quantitative estimate of drug-likeness (QED) is 0.757. The van der Waals surface area contributed by atoms with Crippen LogP contribution in [0.2, 0.25) is 0 Å². The normalized spacial score (nSPS) is 14.3. The lowest BCUT2D eigenvalue weighted by atomic mass is 10.0. The first-order valence-electron chi connectivity index (χ1n) is 8.36. The number of aryl methyl sites for hydroxylation is 1. The first kappa shape index (κ1) is 17.2. The maximum absolute atomic E-state index is 12.9. The fraction of sp³-hybridized carbons (Fsp3) is 0.368. The highest BCUT2D eigenvalue weighted by Crippen LogP contribution is 2.22. The van der Waals surface area contributed by atoms with Gasteiger partial charge in [0.15, 0.2) is 0 Å². The Bertz CT molecular complexity index is 767. The van der Waals surface area contributed by atoms with Crippen LogP contribution in [0.15, 0.2) is 42.7 Å². The molecule has 25 heavy (non-hydrogen) atoms. The predicted molar refractivity (Wildman–Crippen MR) is 95.5 cm³/mol.